The highest BCUT2D eigenvalue weighted by atomic mass is 16.5. The summed E-state index contributed by atoms with van der Waals surface area (Å²) >= 11 is 0. The van der Waals surface area contributed by atoms with Gasteiger partial charge in [0.2, 0.25) is 6.29 Å². The maximum Gasteiger partial charge on any atom is 0.305 e. The molecule has 1 amide bonds. The lowest BCUT2D eigenvalue weighted by Gasteiger charge is -2.15. The molecule has 0 aliphatic carbocycles. The molecule has 1 N–H and O–H groups in total. The van der Waals surface area contributed by atoms with Crippen molar-refractivity contribution >= 4 is 23.9 Å². The molecule has 0 fully saturated rings. The van der Waals surface area contributed by atoms with Crippen LogP contribution in [0.2, 0.25) is 0 Å². The van der Waals surface area contributed by atoms with Gasteiger partial charge in [-0.3, -0.25) is 14.4 Å². The Balaban J connectivity index is 1.78. The number of ether oxygens (including phenoxy) is 3. The van der Waals surface area contributed by atoms with Crippen LogP contribution in [0.1, 0.15) is 19.3 Å². The van der Waals surface area contributed by atoms with Gasteiger partial charge < -0.3 is 19.5 Å². The van der Waals surface area contributed by atoms with Crippen molar-refractivity contribution in [1.82, 2.24) is 0 Å². The van der Waals surface area contributed by atoms with Crippen LogP contribution in [0.4, 0.5) is 5.69 Å². The van der Waals surface area contributed by atoms with Gasteiger partial charge in [-0.1, -0.05) is 48.5 Å². The van der Waals surface area contributed by atoms with E-state index in [9.17, 15) is 14.4 Å². The van der Waals surface area contributed by atoms with E-state index in [-0.39, 0.29) is 12.3 Å². The van der Waals surface area contributed by atoms with Crippen LogP contribution in [0.25, 0.3) is 11.1 Å². The number of carbonyl (C=O) groups excluding carboxylic acids is 3. The summed E-state index contributed by atoms with van der Waals surface area (Å²) < 4.78 is 16.6. The Hall–Kier alpha value is -4.13. The largest absolute Gasteiger partial charge is 0.491 e. The summed E-state index contributed by atoms with van der Waals surface area (Å²) in [5, 5.41) is 2.50. The second-order valence-electron chi connectivity index (χ2n) is 7.11. The van der Waals surface area contributed by atoms with Gasteiger partial charge in [0.25, 0.3) is 5.91 Å². The molecule has 0 heterocycles. The summed E-state index contributed by atoms with van der Waals surface area (Å²) in [6, 6.07) is 22.5. The summed E-state index contributed by atoms with van der Waals surface area (Å²) in [6.45, 7) is 0.311. The first-order valence-electron chi connectivity index (χ1n) is 10.5. The van der Waals surface area contributed by atoms with Gasteiger partial charge >= 0.3 is 5.97 Å². The summed E-state index contributed by atoms with van der Waals surface area (Å²) in [7, 11) is 1.35. The molecular weight excluding hydrogens is 422 g/mol. The minimum Gasteiger partial charge on any atom is -0.491 e. The third kappa shape index (κ3) is 6.93. The number of unbranched alkanes of at least 4 members (excludes halogenated alkanes) is 1. The Morgan fingerprint density at radius 3 is 2.42 bits per heavy atom. The van der Waals surface area contributed by atoms with Crippen LogP contribution in [0, 0.1) is 0 Å². The minimum atomic E-state index is -0.784. The quantitative estimate of drug-likeness (QED) is 0.192. The first kappa shape index (κ1) is 23.5. The van der Waals surface area contributed by atoms with Gasteiger partial charge in [-0.15, -0.1) is 0 Å². The molecule has 0 unspecified atom stereocenters. The van der Waals surface area contributed by atoms with Crippen molar-refractivity contribution in [2.24, 2.45) is 0 Å². The van der Waals surface area contributed by atoms with E-state index in [2.05, 4.69) is 10.1 Å². The van der Waals surface area contributed by atoms with Gasteiger partial charge in [0.1, 0.15) is 17.2 Å². The number of methoxy groups -OCH3 is 1. The Labute approximate surface area is 192 Å². The van der Waals surface area contributed by atoms with E-state index >= 15 is 0 Å². The number of amides is 1. The molecule has 0 aliphatic heterocycles. The molecule has 0 saturated carbocycles. The molecule has 0 atom stereocenters. The van der Waals surface area contributed by atoms with Crippen molar-refractivity contribution in [2.45, 2.75) is 19.3 Å². The van der Waals surface area contributed by atoms with Crippen LogP contribution in [-0.2, 0) is 19.1 Å². The summed E-state index contributed by atoms with van der Waals surface area (Å²) in [5.74, 6) is 0.470. The van der Waals surface area contributed by atoms with Crippen molar-refractivity contribution < 1.29 is 28.6 Å². The number of benzene rings is 3. The minimum absolute atomic E-state index is 0.195. The molecule has 0 saturated heterocycles. The Morgan fingerprint density at radius 2 is 1.67 bits per heavy atom. The lowest BCUT2D eigenvalue weighted by molar-refractivity contribution is -0.140. The third-order valence-electron chi connectivity index (χ3n) is 4.78. The van der Waals surface area contributed by atoms with Crippen molar-refractivity contribution in [3.8, 4) is 28.4 Å². The molecule has 3 rings (SSSR count). The van der Waals surface area contributed by atoms with Crippen molar-refractivity contribution in [3.63, 3.8) is 0 Å². The molecule has 0 radical (unpaired) electrons. The molecule has 0 aromatic heterocycles. The van der Waals surface area contributed by atoms with Crippen LogP contribution in [0.5, 0.6) is 17.2 Å². The smallest absolute Gasteiger partial charge is 0.305 e. The molecule has 7 nitrogen and oxygen atoms in total. The topological polar surface area (TPSA) is 90.9 Å². The monoisotopic (exact) mass is 447 g/mol. The first-order valence-corrected chi connectivity index (χ1v) is 10.5. The molecule has 33 heavy (non-hydrogen) atoms. The van der Waals surface area contributed by atoms with Gasteiger partial charge in [-0.05, 0) is 36.6 Å². The Morgan fingerprint density at radius 1 is 0.909 bits per heavy atom. The molecule has 7 heteroatoms. The summed E-state index contributed by atoms with van der Waals surface area (Å²) in [6.07, 6.45) is 1.70. The Bertz CT molecular complexity index is 1100. The molecule has 0 aliphatic rings. The van der Waals surface area contributed by atoms with Crippen LogP contribution < -0.4 is 14.8 Å². The summed E-state index contributed by atoms with van der Waals surface area (Å²) in [5.41, 5.74) is 2.30. The zero-order chi connectivity index (χ0) is 23.5. The highest BCUT2D eigenvalue weighted by Crippen LogP contribution is 2.36. The first-order chi connectivity index (χ1) is 16.1. The van der Waals surface area contributed by atoms with Crippen LogP contribution in [-0.4, -0.2) is 31.9 Å². The predicted molar refractivity (Wildman–Crippen MR) is 124 cm³/mol. The molecule has 0 spiro atoms. The van der Waals surface area contributed by atoms with Crippen molar-refractivity contribution in [1.29, 1.82) is 0 Å². The van der Waals surface area contributed by atoms with Crippen molar-refractivity contribution in [2.75, 3.05) is 19.0 Å². The number of rotatable bonds is 11. The zero-order valence-corrected chi connectivity index (χ0v) is 18.3. The van der Waals surface area contributed by atoms with E-state index < -0.39 is 5.91 Å². The molecular formula is C26H25NO6. The van der Waals surface area contributed by atoms with Crippen molar-refractivity contribution in [3.05, 3.63) is 72.8 Å². The van der Waals surface area contributed by atoms with Gasteiger partial charge in [-0.25, -0.2) is 0 Å². The maximum absolute atomic E-state index is 11.6. The van der Waals surface area contributed by atoms with E-state index in [1.807, 2.05) is 54.6 Å². The average molecular weight is 447 g/mol. The predicted octanol–water partition coefficient (Wildman–Crippen LogP) is 5.01. The number of carbonyl (C=O) groups is 3. The number of anilines is 1. The highest BCUT2D eigenvalue weighted by molar-refractivity contribution is 6.29. The second-order valence-corrected chi connectivity index (χ2v) is 7.11. The van der Waals surface area contributed by atoms with Gasteiger partial charge in [0.15, 0.2) is 0 Å². The highest BCUT2D eigenvalue weighted by Gasteiger charge is 2.12. The number of hydrogen-bond donors (Lipinski definition) is 1. The fourth-order valence-electron chi connectivity index (χ4n) is 3.15. The van der Waals surface area contributed by atoms with Crippen LogP contribution in [0.3, 0.4) is 0 Å². The number of nitrogens with one attached hydrogen (secondary N) is 1. The van der Waals surface area contributed by atoms with E-state index in [4.69, 9.17) is 9.47 Å². The van der Waals surface area contributed by atoms with E-state index in [1.165, 1.54) is 7.11 Å². The number of esters is 1. The Kier molecular flexibility index (Phi) is 8.59. The third-order valence-corrected chi connectivity index (χ3v) is 4.78. The number of para-hydroxylation sites is 1. The normalized spacial score (nSPS) is 10.2. The van der Waals surface area contributed by atoms with Gasteiger partial charge in [-0.2, -0.15) is 0 Å². The fourth-order valence-corrected chi connectivity index (χ4v) is 3.15. The number of aldehydes is 1. The second kappa shape index (κ2) is 12.0. The molecule has 3 aromatic carbocycles. The van der Waals surface area contributed by atoms with Crippen LogP contribution in [0.15, 0.2) is 72.8 Å². The van der Waals surface area contributed by atoms with E-state index in [0.717, 1.165) is 11.1 Å². The standard InChI is InChI=1S/C26H25NO6/c1-31-26(30)13-7-8-16-32-24-17-20(14-15-22(24)27-25(29)18-28)33-23-12-6-5-11-21(23)19-9-3-2-4-10-19/h2-6,9-12,14-15,17-18H,7-8,13,16H2,1H3,(H,27,29). The maximum atomic E-state index is 11.6. The number of hydrogen-bond acceptors (Lipinski definition) is 6. The molecule has 0 bridgehead atoms. The van der Waals surface area contributed by atoms with E-state index in [1.54, 1.807) is 18.2 Å². The van der Waals surface area contributed by atoms with Gasteiger partial charge in [0.05, 0.1) is 19.4 Å². The van der Waals surface area contributed by atoms with Crippen LogP contribution >= 0.6 is 0 Å². The average Bonchev–Trinajstić information content (AvgIpc) is 2.85. The zero-order valence-electron chi connectivity index (χ0n) is 18.3. The lowest BCUT2D eigenvalue weighted by atomic mass is 10.0. The van der Waals surface area contributed by atoms with E-state index in [0.29, 0.717) is 48.8 Å². The lowest BCUT2D eigenvalue weighted by Crippen LogP contribution is -2.13. The molecule has 170 valence electrons. The molecule has 3 aromatic rings. The van der Waals surface area contributed by atoms with Gasteiger partial charge in [0, 0.05) is 18.1 Å². The fraction of sp³-hybridized carbons (Fsp3) is 0.192. The SMILES string of the molecule is COC(=O)CCCCOc1cc(Oc2ccccc2-c2ccccc2)ccc1NC(=O)C=O. The summed E-state index contributed by atoms with van der Waals surface area (Å²) in [4.78, 5) is 33.6.